The highest BCUT2D eigenvalue weighted by Crippen LogP contribution is 2.23. The number of piperazine rings is 1. The van der Waals surface area contributed by atoms with Gasteiger partial charge in [0.25, 0.3) is 0 Å². The van der Waals surface area contributed by atoms with E-state index < -0.39 is 0 Å². The lowest BCUT2D eigenvalue weighted by atomic mass is 9.98. The number of benzene rings is 1. The van der Waals surface area contributed by atoms with Crippen LogP contribution in [-0.2, 0) is 6.42 Å². The summed E-state index contributed by atoms with van der Waals surface area (Å²) in [5.74, 6) is 5.76. The second-order valence-corrected chi connectivity index (χ2v) is 7.26. The molecule has 2 rings (SSSR count). The minimum Gasteiger partial charge on any atom is -0.304 e. The predicted molar refractivity (Wildman–Crippen MR) is 92.5 cm³/mol. The molecule has 118 valence electrons. The van der Waals surface area contributed by atoms with Crippen molar-refractivity contribution in [2.75, 3.05) is 33.7 Å². The van der Waals surface area contributed by atoms with Gasteiger partial charge in [0.2, 0.25) is 0 Å². The lowest BCUT2D eigenvalue weighted by Gasteiger charge is -2.39. The van der Waals surface area contributed by atoms with E-state index in [9.17, 15) is 0 Å². The van der Waals surface area contributed by atoms with Crippen molar-refractivity contribution in [1.29, 1.82) is 0 Å². The first-order chi connectivity index (χ1) is 9.99. The van der Waals surface area contributed by atoms with E-state index in [2.05, 4.69) is 51.3 Å². The number of nitrogens with one attached hydrogen (secondary N) is 1. The summed E-state index contributed by atoms with van der Waals surface area (Å²) < 4.78 is 1.00. The minimum atomic E-state index is 0.225. The zero-order valence-electron chi connectivity index (χ0n) is 12.6. The minimum absolute atomic E-state index is 0.225. The Morgan fingerprint density at radius 2 is 2.19 bits per heavy atom. The van der Waals surface area contributed by atoms with Crippen LogP contribution in [0.5, 0.6) is 0 Å². The van der Waals surface area contributed by atoms with Gasteiger partial charge >= 0.3 is 0 Å². The number of rotatable bonds is 5. The maximum absolute atomic E-state index is 6.31. The van der Waals surface area contributed by atoms with Crippen LogP contribution in [0.3, 0.4) is 0 Å². The first kappa shape index (κ1) is 17.2. The van der Waals surface area contributed by atoms with Crippen LogP contribution in [0.2, 0.25) is 5.02 Å². The molecule has 4 nitrogen and oxygen atoms in total. The van der Waals surface area contributed by atoms with Crippen LogP contribution in [0, 0.1) is 0 Å². The Bertz CT molecular complexity index is 471. The molecule has 21 heavy (non-hydrogen) atoms. The number of nitrogens with zero attached hydrogens (tertiary/aromatic N) is 2. The van der Waals surface area contributed by atoms with Gasteiger partial charge in [-0.05, 0) is 44.6 Å². The molecule has 0 saturated carbocycles. The molecular weight excluding hydrogens is 352 g/mol. The molecule has 1 aliphatic rings. The van der Waals surface area contributed by atoms with Crippen LogP contribution in [0.25, 0.3) is 0 Å². The predicted octanol–water partition coefficient (Wildman–Crippen LogP) is 2.11. The molecular formula is C15H24BrClN4. The van der Waals surface area contributed by atoms with Gasteiger partial charge in [-0.25, -0.2) is 0 Å². The summed E-state index contributed by atoms with van der Waals surface area (Å²) in [6, 6.07) is 6.77. The largest absolute Gasteiger partial charge is 0.304 e. The van der Waals surface area contributed by atoms with Crippen LogP contribution in [0.4, 0.5) is 0 Å². The topological polar surface area (TPSA) is 44.5 Å². The molecule has 1 aliphatic heterocycles. The van der Waals surface area contributed by atoms with Gasteiger partial charge in [-0.3, -0.25) is 11.3 Å². The van der Waals surface area contributed by atoms with E-state index in [1.54, 1.807) is 0 Å². The molecule has 3 N–H and O–H groups in total. The molecule has 0 aromatic heterocycles. The molecule has 1 fully saturated rings. The molecule has 1 aromatic carbocycles. The summed E-state index contributed by atoms with van der Waals surface area (Å²) in [6.07, 6.45) is 1.86. The number of halogens is 2. The molecule has 0 bridgehead atoms. The number of hydrazine groups is 1. The molecule has 0 radical (unpaired) electrons. The smallest absolute Gasteiger partial charge is 0.0449 e. The average molecular weight is 376 g/mol. The van der Waals surface area contributed by atoms with Gasteiger partial charge in [-0.2, -0.15) is 0 Å². The molecule has 0 amide bonds. The summed E-state index contributed by atoms with van der Waals surface area (Å²) in [5, 5.41) is 0.791. The standard InChI is InChI=1S/C15H24BrClN4/c1-20-5-6-21(2)14(10-20)9-13(19-18)7-11-3-4-12(16)8-15(11)17/h3-4,8,13-14,19H,5-7,9-10,18H2,1-2H3. The highest BCUT2D eigenvalue weighted by atomic mass is 79.9. The summed E-state index contributed by atoms with van der Waals surface area (Å²) in [7, 11) is 4.37. The number of nitrogens with two attached hydrogens (primary N) is 1. The Morgan fingerprint density at radius 1 is 1.43 bits per heavy atom. The molecule has 6 heteroatoms. The van der Waals surface area contributed by atoms with Crippen molar-refractivity contribution in [1.82, 2.24) is 15.2 Å². The zero-order valence-corrected chi connectivity index (χ0v) is 15.0. The number of hydrogen-bond acceptors (Lipinski definition) is 4. The maximum atomic E-state index is 6.31. The van der Waals surface area contributed by atoms with E-state index in [1.165, 1.54) is 0 Å². The zero-order chi connectivity index (χ0) is 15.4. The average Bonchev–Trinajstić information content (AvgIpc) is 2.44. The van der Waals surface area contributed by atoms with Gasteiger partial charge in [-0.15, -0.1) is 0 Å². The van der Waals surface area contributed by atoms with Crippen LogP contribution in [0.1, 0.15) is 12.0 Å². The Hall–Kier alpha value is -0.170. The van der Waals surface area contributed by atoms with Crippen molar-refractivity contribution in [2.45, 2.75) is 24.9 Å². The van der Waals surface area contributed by atoms with Gasteiger partial charge in [0.15, 0.2) is 0 Å². The second kappa shape index (κ2) is 7.90. The van der Waals surface area contributed by atoms with Crippen molar-refractivity contribution in [3.8, 4) is 0 Å². The van der Waals surface area contributed by atoms with Gasteiger partial charge in [0.1, 0.15) is 0 Å². The Kier molecular flexibility index (Phi) is 6.47. The van der Waals surface area contributed by atoms with E-state index in [4.69, 9.17) is 17.4 Å². The van der Waals surface area contributed by atoms with Gasteiger partial charge in [0, 0.05) is 41.2 Å². The van der Waals surface area contributed by atoms with Crippen molar-refractivity contribution >= 4 is 27.5 Å². The number of hydrogen-bond donors (Lipinski definition) is 2. The van der Waals surface area contributed by atoms with Crippen LogP contribution in [-0.4, -0.2) is 55.6 Å². The third-order valence-corrected chi connectivity index (χ3v) is 5.10. The summed E-state index contributed by atoms with van der Waals surface area (Å²) in [5.41, 5.74) is 4.09. The molecule has 0 aliphatic carbocycles. The van der Waals surface area contributed by atoms with Crippen molar-refractivity contribution < 1.29 is 0 Å². The quantitative estimate of drug-likeness (QED) is 0.611. The van der Waals surface area contributed by atoms with Gasteiger partial charge in [-0.1, -0.05) is 33.6 Å². The Morgan fingerprint density at radius 3 is 2.86 bits per heavy atom. The fraction of sp³-hybridized carbons (Fsp3) is 0.600. The molecule has 2 unspecified atom stereocenters. The lowest BCUT2D eigenvalue weighted by Crippen LogP contribution is -2.53. The molecule has 0 spiro atoms. The number of likely N-dealkylation sites (N-methyl/N-ethyl adjacent to an activating group) is 2. The Balaban J connectivity index is 1.99. The van der Waals surface area contributed by atoms with Gasteiger partial charge in [0.05, 0.1) is 0 Å². The van der Waals surface area contributed by atoms with Crippen LogP contribution in [0.15, 0.2) is 22.7 Å². The maximum Gasteiger partial charge on any atom is 0.0449 e. The first-order valence-electron chi connectivity index (χ1n) is 7.28. The normalized spacial score (nSPS) is 22.4. The van der Waals surface area contributed by atoms with Crippen molar-refractivity contribution in [3.05, 3.63) is 33.3 Å². The third kappa shape index (κ3) is 4.91. The fourth-order valence-electron chi connectivity index (χ4n) is 2.85. The van der Waals surface area contributed by atoms with Crippen LogP contribution < -0.4 is 11.3 Å². The van der Waals surface area contributed by atoms with E-state index in [1.807, 2.05) is 12.1 Å². The summed E-state index contributed by atoms with van der Waals surface area (Å²) >= 11 is 9.74. The Labute approximate surface area is 140 Å². The van der Waals surface area contributed by atoms with E-state index >= 15 is 0 Å². The van der Waals surface area contributed by atoms with Crippen LogP contribution >= 0.6 is 27.5 Å². The van der Waals surface area contributed by atoms with Crippen molar-refractivity contribution in [2.24, 2.45) is 5.84 Å². The molecule has 1 heterocycles. The van der Waals surface area contributed by atoms with E-state index in [0.717, 1.165) is 47.5 Å². The summed E-state index contributed by atoms with van der Waals surface area (Å²) in [6.45, 7) is 3.33. The summed E-state index contributed by atoms with van der Waals surface area (Å²) in [4.78, 5) is 4.80. The van der Waals surface area contributed by atoms with E-state index in [0.29, 0.717) is 6.04 Å². The second-order valence-electron chi connectivity index (χ2n) is 5.94. The SMILES string of the molecule is CN1CCN(C)C(CC(Cc2ccc(Br)cc2Cl)NN)C1. The fourth-order valence-corrected chi connectivity index (χ4v) is 3.60. The van der Waals surface area contributed by atoms with Crippen molar-refractivity contribution in [3.63, 3.8) is 0 Å². The first-order valence-corrected chi connectivity index (χ1v) is 8.45. The van der Waals surface area contributed by atoms with E-state index in [-0.39, 0.29) is 6.04 Å². The lowest BCUT2D eigenvalue weighted by molar-refractivity contribution is 0.101. The highest BCUT2D eigenvalue weighted by Gasteiger charge is 2.25. The molecule has 1 aromatic rings. The third-order valence-electron chi connectivity index (χ3n) is 4.25. The van der Waals surface area contributed by atoms with Gasteiger partial charge < -0.3 is 9.80 Å². The molecule has 2 atom stereocenters. The highest BCUT2D eigenvalue weighted by molar-refractivity contribution is 9.10. The molecule has 1 saturated heterocycles. The monoisotopic (exact) mass is 374 g/mol.